The summed E-state index contributed by atoms with van der Waals surface area (Å²) in [5.74, 6) is 0.510. The molecule has 2 heterocycles. The molecule has 0 spiro atoms. The fraction of sp³-hybridized carbons (Fsp3) is 0.154. The molecule has 4 heteroatoms. The van der Waals surface area contributed by atoms with E-state index in [1.165, 1.54) is 0 Å². The largest absolute Gasteiger partial charge is 0.338 e. The number of rotatable bonds is 0. The van der Waals surface area contributed by atoms with Gasteiger partial charge in [-0.2, -0.15) is 0 Å². The van der Waals surface area contributed by atoms with Crippen LogP contribution in [0.1, 0.15) is 5.56 Å². The van der Waals surface area contributed by atoms with Crippen LogP contribution in [0.5, 0.6) is 0 Å². The molecular weight excluding hydrogens is 232 g/mol. The maximum absolute atomic E-state index is 11.7. The van der Waals surface area contributed by atoms with Crippen molar-refractivity contribution in [1.29, 1.82) is 0 Å². The first kappa shape index (κ1) is 10.5. The Morgan fingerprint density at radius 1 is 1.18 bits per heavy atom. The Bertz CT molecular complexity index is 562. The van der Waals surface area contributed by atoms with Crippen molar-refractivity contribution in [2.24, 2.45) is 0 Å². The smallest absolute Gasteiger partial charge is 0.234 e. The van der Waals surface area contributed by atoms with Crippen molar-refractivity contribution >= 4 is 23.4 Å². The molecule has 0 saturated carbocycles. The third-order valence-corrected chi connectivity index (χ3v) is 3.84. The summed E-state index contributed by atoms with van der Waals surface area (Å²) in [6, 6.07) is 12.0. The van der Waals surface area contributed by atoms with Crippen LogP contribution in [0.2, 0.25) is 0 Å². The zero-order valence-corrected chi connectivity index (χ0v) is 10.0. The maximum atomic E-state index is 11.7. The van der Waals surface area contributed by atoms with Crippen LogP contribution in [0, 0.1) is 0 Å². The molecule has 3 rings (SSSR count). The van der Waals surface area contributed by atoms with Crippen molar-refractivity contribution in [3.63, 3.8) is 0 Å². The molecule has 0 saturated heterocycles. The van der Waals surface area contributed by atoms with Gasteiger partial charge in [0.25, 0.3) is 0 Å². The van der Waals surface area contributed by atoms with Gasteiger partial charge in [0.1, 0.15) is 0 Å². The van der Waals surface area contributed by atoms with E-state index in [9.17, 15) is 4.79 Å². The number of thioether (sulfide) groups is 1. The number of aromatic nitrogens is 1. The van der Waals surface area contributed by atoms with E-state index in [4.69, 9.17) is 0 Å². The third-order valence-electron chi connectivity index (χ3n) is 2.77. The van der Waals surface area contributed by atoms with Crippen LogP contribution >= 0.6 is 11.8 Å². The van der Waals surface area contributed by atoms with Gasteiger partial charge in [0, 0.05) is 11.9 Å². The summed E-state index contributed by atoms with van der Waals surface area (Å²) in [4.78, 5) is 11.7. The van der Waals surface area contributed by atoms with Gasteiger partial charge in [0.2, 0.25) is 5.91 Å². The summed E-state index contributed by atoms with van der Waals surface area (Å²) < 4.78 is 2.17. The molecule has 1 aliphatic rings. The minimum atomic E-state index is 0.0529. The highest BCUT2D eigenvalue weighted by molar-refractivity contribution is 7.99. The molecule has 2 aromatic rings. The van der Waals surface area contributed by atoms with Gasteiger partial charge in [0.15, 0.2) is 0 Å². The summed E-state index contributed by atoms with van der Waals surface area (Å²) in [5, 5.41) is 4.09. The fourth-order valence-corrected chi connectivity index (χ4v) is 2.77. The third kappa shape index (κ3) is 2.08. The molecule has 0 bridgehead atoms. The van der Waals surface area contributed by atoms with Crippen molar-refractivity contribution in [2.75, 3.05) is 11.1 Å². The minimum absolute atomic E-state index is 0.0529. The number of para-hydroxylation sites is 1. The molecule has 0 atom stereocenters. The molecule has 1 aromatic carbocycles. The molecule has 0 radical (unpaired) electrons. The van der Waals surface area contributed by atoms with Gasteiger partial charge in [0.05, 0.1) is 17.3 Å². The normalized spacial score (nSPS) is 14.9. The molecule has 0 unspecified atom stereocenters. The predicted molar refractivity (Wildman–Crippen MR) is 69.3 cm³/mol. The zero-order valence-electron chi connectivity index (χ0n) is 9.22. The number of benzene rings is 1. The molecular formula is C13H12N2OS. The van der Waals surface area contributed by atoms with E-state index < -0.39 is 0 Å². The minimum Gasteiger partial charge on any atom is -0.338 e. The van der Waals surface area contributed by atoms with Crippen LogP contribution in [0.3, 0.4) is 0 Å². The van der Waals surface area contributed by atoms with E-state index in [1.807, 2.05) is 30.3 Å². The Hall–Kier alpha value is -1.68. The van der Waals surface area contributed by atoms with E-state index in [-0.39, 0.29) is 5.91 Å². The van der Waals surface area contributed by atoms with Crippen molar-refractivity contribution < 1.29 is 4.79 Å². The lowest BCUT2D eigenvalue weighted by Gasteiger charge is -2.10. The van der Waals surface area contributed by atoms with E-state index in [0.717, 1.165) is 22.8 Å². The Kier molecular flexibility index (Phi) is 2.65. The van der Waals surface area contributed by atoms with E-state index in [2.05, 4.69) is 22.1 Å². The van der Waals surface area contributed by atoms with Crippen molar-refractivity contribution in [3.8, 4) is 0 Å². The van der Waals surface area contributed by atoms with Crippen LogP contribution < -0.4 is 5.32 Å². The standard InChI is InChI=1S/C13H12N2OS/c16-12-9-17-13-6-3-7-15(13)8-10-4-1-2-5-11(10)14-12/h1-7H,8-9H2,(H,14,16). The van der Waals surface area contributed by atoms with Crippen LogP contribution in [0.15, 0.2) is 47.6 Å². The number of carbonyl (C=O) groups excluding carboxylic acids is 1. The van der Waals surface area contributed by atoms with E-state index >= 15 is 0 Å². The quantitative estimate of drug-likeness (QED) is 0.773. The average molecular weight is 244 g/mol. The number of carbonyl (C=O) groups is 1. The molecule has 3 nitrogen and oxygen atoms in total. The Labute approximate surface area is 104 Å². The van der Waals surface area contributed by atoms with Gasteiger partial charge < -0.3 is 9.88 Å². The Morgan fingerprint density at radius 2 is 2.06 bits per heavy atom. The van der Waals surface area contributed by atoms with Crippen LogP contribution in [0.25, 0.3) is 0 Å². The Balaban J connectivity index is 2.07. The molecule has 1 aliphatic heterocycles. The number of amides is 1. The number of fused-ring (bicyclic) bond motifs is 2. The van der Waals surface area contributed by atoms with Crippen molar-refractivity contribution in [3.05, 3.63) is 48.2 Å². The highest BCUT2D eigenvalue weighted by atomic mass is 32.2. The number of nitrogens with zero attached hydrogens (tertiary/aromatic N) is 1. The van der Waals surface area contributed by atoms with Gasteiger partial charge in [-0.05, 0) is 23.8 Å². The number of nitrogens with one attached hydrogen (secondary N) is 1. The molecule has 86 valence electrons. The predicted octanol–water partition coefficient (Wildman–Crippen LogP) is 2.58. The molecule has 1 amide bonds. The lowest BCUT2D eigenvalue weighted by Crippen LogP contribution is -2.14. The highest BCUT2D eigenvalue weighted by Gasteiger charge is 2.13. The molecule has 0 fully saturated rings. The highest BCUT2D eigenvalue weighted by Crippen LogP contribution is 2.25. The summed E-state index contributed by atoms with van der Waals surface area (Å²) in [7, 11) is 0. The van der Waals surface area contributed by atoms with Gasteiger partial charge in [-0.25, -0.2) is 0 Å². The first-order valence-electron chi connectivity index (χ1n) is 5.48. The second-order valence-electron chi connectivity index (χ2n) is 3.97. The number of hydrogen-bond acceptors (Lipinski definition) is 2. The molecule has 1 N–H and O–H groups in total. The van der Waals surface area contributed by atoms with Gasteiger partial charge in [-0.3, -0.25) is 4.79 Å². The molecule has 1 aromatic heterocycles. The first-order valence-corrected chi connectivity index (χ1v) is 6.47. The SMILES string of the molecule is O=C1CSc2cccn2Cc2ccccc2N1. The zero-order chi connectivity index (χ0) is 11.7. The van der Waals surface area contributed by atoms with Crippen LogP contribution in [-0.2, 0) is 11.3 Å². The topological polar surface area (TPSA) is 34.0 Å². The second-order valence-corrected chi connectivity index (χ2v) is 4.96. The van der Waals surface area contributed by atoms with Gasteiger partial charge in [-0.15, -0.1) is 0 Å². The van der Waals surface area contributed by atoms with Crippen LogP contribution in [0.4, 0.5) is 5.69 Å². The summed E-state index contributed by atoms with van der Waals surface area (Å²) >= 11 is 1.57. The lowest BCUT2D eigenvalue weighted by molar-refractivity contribution is -0.113. The van der Waals surface area contributed by atoms with Gasteiger partial charge in [-0.1, -0.05) is 30.0 Å². The van der Waals surface area contributed by atoms with E-state index in [0.29, 0.717) is 5.75 Å². The summed E-state index contributed by atoms with van der Waals surface area (Å²) in [6.07, 6.45) is 2.05. The first-order chi connectivity index (χ1) is 8.33. The fourth-order valence-electron chi connectivity index (χ4n) is 1.95. The lowest BCUT2D eigenvalue weighted by atomic mass is 10.1. The number of anilines is 1. The van der Waals surface area contributed by atoms with Crippen molar-refractivity contribution in [1.82, 2.24) is 4.57 Å². The van der Waals surface area contributed by atoms with Crippen LogP contribution in [-0.4, -0.2) is 16.2 Å². The molecule has 17 heavy (non-hydrogen) atoms. The monoisotopic (exact) mass is 244 g/mol. The van der Waals surface area contributed by atoms with E-state index in [1.54, 1.807) is 11.8 Å². The Morgan fingerprint density at radius 3 is 3.00 bits per heavy atom. The van der Waals surface area contributed by atoms with Crippen molar-refractivity contribution in [2.45, 2.75) is 11.6 Å². The maximum Gasteiger partial charge on any atom is 0.234 e. The average Bonchev–Trinajstić information content (AvgIpc) is 2.77. The summed E-state index contributed by atoms with van der Waals surface area (Å²) in [5.41, 5.74) is 2.06. The van der Waals surface area contributed by atoms with Gasteiger partial charge >= 0.3 is 0 Å². The number of hydrogen-bond donors (Lipinski definition) is 1. The summed E-state index contributed by atoms with van der Waals surface area (Å²) in [6.45, 7) is 0.797. The second kappa shape index (κ2) is 4.30. The molecule has 0 aliphatic carbocycles.